The van der Waals surface area contributed by atoms with Gasteiger partial charge in [-0.15, -0.1) is 0 Å². The van der Waals surface area contributed by atoms with E-state index in [0.29, 0.717) is 16.7 Å². The Labute approximate surface area is 262 Å². The van der Waals surface area contributed by atoms with Gasteiger partial charge in [0.1, 0.15) is 12.2 Å². The molecule has 46 heavy (non-hydrogen) atoms. The lowest BCUT2D eigenvalue weighted by Gasteiger charge is -2.48. The van der Waals surface area contributed by atoms with Gasteiger partial charge >= 0.3 is 17.9 Å². The summed E-state index contributed by atoms with van der Waals surface area (Å²) < 4.78 is 29.2. The molecule has 4 N–H and O–H groups in total. The summed E-state index contributed by atoms with van der Waals surface area (Å²) >= 11 is 0. The number of carbonyl (C=O) groups excluding carboxylic acids is 4. The molecule has 6 unspecified atom stereocenters. The number of carbonyl (C=O) groups is 4. The minimum absolute atomic E-state index is 0.181. The first-order valence-corrected chi connectivity index (χ1v) is 15.1. The average Bonchev–Trinajstić information content (AvgIpc) is 3.72. The van der Waals surface area contributed by atoms with Crippen molar-refractivity contribution >= 4 is 23.7 Å². The van der Waals surface area contributed by atoms with Crippen molar-refractivity contribution in [3.63, 3.8) is 0 Å². The van der Waals surface area contributed by atoms with Gasteiger partial charge in [0, 0.05) is 17.0 Å². The zero-order valence-corrected chi connectivity index (χ0v) is 25.0. The van der Waals surface area contributed by atoms with Crippen LogP contribution in [0.5, 0.6) is 0 Å². The van der Waals surface area contributed by atoms with Crippen LogP contribution in [-0.2, 0) is 44.7 Å². The van der Waals surface area contributed by atoms with E-state index in [4.69, 9.17) is 23.7 Å². The quantitative estimate of drug-likeness (QED) is 0.191. The van der Waals surface area contributed by atoms with Crippen LogP contribution in [0.3, 0.4) is 0 Å². The molecule has 2 aromatic carbocycles. The Kier molecular flexibility index (Phi) is 5.80. The maximum absolute atomic E-state index is 13.9. The molecule has 2 aromatic rings. The number of ketones is 1. The van der Waals surface area contributed by atoms with Crippen molar-refractivity contribution in [2.75, 3.05) is 0 Å². The number of hydrogen-bond donors (Lipinski definition) is 4. The Balaban J connectivity index is 1.23. The standard InChI is InChI=1S/C33H32O13/c1-29(2,3)19-18(35)22-31-20(36)23-32(41,21(37)25(38)43-23)33(31,27(40)44-22)46-28-30(19,31)24(26(39)45-28)42-13-14-9-11-16(12-10-14)17(34)15-7-5-4-6-8-15/h4-12,18-24,28,35-37,41H,13H2,1-3H3/t18-,19+,20+,21-,22?,23?,24+,28?,30?,31?,32-,33?/m1/s1. The lowest BCUT2D eigenvalue weighted by Crippen LogP contribution is -2.69. The maximum Gasteiger partial charge on any atom is 0.343 e. The van der Waals surface area contributed by atoms with Crippen molar-refractivity contribution < 1.29 is 63.3 Å². The maximum atomic E-state index is 13.9. The highest BCUT2D eigenvalue weighted by Gasteiger charge is 3.05. The van der Waals surface area contributed by atoms with E-state index in [2.05, 4.69) is 0 Å². The van der Waals surface area contributed by atoms with Crippen molar-refractivity contribution in [1.82, 2.24) is 0 Å². The van der Waals surface area contributed by atoms with Crippen LogP contribution >= 0.6 is 0 Å². The summed E-state index contributed by atoms with van der Waals surface area (Å²) in [6, 6.07) is 15.3. The van der Waals surface area contributed by atoms with Crippen LogP contribution < -0.4 is 0 Å². The molecule has 12 atom stereocenters. The second kappa shape index (κ2) is 9.00. The number of benzene rings is 2. The predicted octanol–water partition coefficient (Wildman–Crippen LogP) is -0.218. The fourth-order valence-corrected chi connectivity index (χ4v) is 9.89. The highest BCUT2D eigenvalue weighted by atomic mass is 16.8. The Morgan fingerprint density at radius 3 is 2.17 bits per heavy atom. The van der Waals surface area contributed by atoms with Gasteiger partial charge in [-0.25, -0.2) is 14.4 Å². The highest BCUT2D eigenvalue weighted by molar-refractivity contribution is 6.09. The van der Waals surface area contributed by atoms with Crippen LogP contribution in [0.2, 0.25) is 0 Å². The monoisotopic (exact) mass is 636 g/mol. The van der Waals surface area contributed by atoms with E-state index in [9.17, 15) is 39.6 Å². The number of esters is 3. The largest absolute Gasteiger partial charge is 0.456 e. The van der Waals surface area contributed by atoms with Crippen LogP contribution in [0.25, 0.3) is 0 Å². The van der Waals surface area contributed by atoms with Crippen molar-refractivity contribution in [2.45, 2.75) is 81.5 Å². The second-order valence-corrected chi connectivity index (χ2v) is 14.1. The smallest absolute Gasteiger partial charge is 0.343 e. The first kappa shape index (κ1) is 29.7. The van der Waals surface area contributed by atoms with Crippen LogP contribution in [0, 0.1) is 22.2 Å². The van der Waals surface area contributed by atoms with E-state index in [-0.39, 0.29) is 12.4 Å². The van der Waals surface area contributed by atoms with E-state index in [1.54, 1.807) is 69.3 Å². The molecule has 13 nitrogen and oxygen atoms in total. The third kappa shape index (κ3) is 2.94. The first-order chi connectivity index (χ1) is 21.7. The van der Waals surface area contributed by atoms with Gasteiger partial charge in [-0.05, 0) is 11.0 Å². The van der Waals surface area contributed by atoms with Crippen LogP contribution in [0.1, 0.15) is 42.3 Å². The summed E-state index contributed by atoms with van der Waals surface area (Å²) in [5.74, 6) is -4.63. The summed E-state index contributed by atoms with van der Waals surface area (Å²) in [7, 11) is 0. The molecule has 4 aliphatic heterocycles. The Bertz CT molecular complexity index is 1690. The van der Waals surface area contributed by atoms with Crippen molar-refractivity contribution in [3.8, 4) is 0 Å². The number of fused-ring (bicyclic) bond motifs is 1. The van der Waals surface area contributed by atoms with E-state index in [0.717, 1.165) is 0 Å². The second-order valence-electron chi connectivity index (χ2n) is 14.1. The number of hydrogen-bond acceptors (Lipinski definition) is 13. The average molecular weight is 637 g/mol. The first-order valence-electron chi connectivity index (χ1n) is 15.1. The molecule has 2 spiro atoms. The number of aliphatic hydroxyl groups excluding tert-OH is 3. The van der Waals surface area contributed by atoms with Gasteiger partial charge in [-0.2, -0.15) is 0 Å². The van der Waals surface area contributed by atoms with Gasteiger partial charge in [-0.1, -0.05) is 75.4 Å². The van der Waals surface area contributed by atoms with E-state index in [1.807, 2.05) is 6.07 Å². The molecule has 4 heterocycles. The molecule has 0 amide bonds. The predicted molar refractivity (Wildman–Crippen MR) is 149 cm³/mol. The highest BCUT2D eigenvalue weighted by Crippen LogP contribution is 2.84. The van der Waals surface area contributed by atoms with Crippen molar-refractivity contribution in [2.24, 2.45) is 22.2 Å². The lowest BCUT2D eigenvalue weighted by molar-refractivity contribution is -0.246. The summed E-state index contributed by atoms with van der Waals surface area (Å²) in [6.07, 6.45) is -12.5. The lowest BCUT2D eigenvalue weighted by atomic mass is 9.51. The SMILES string of the molecule is CC(C)(C)[C@@H]1[C@@H](O)C2OC(=O)C34OC5OC(=O)[C@H](OCc6ccc(C(=O)c7ccccc7)cc6)C51C23[C@@H](O)C1OC(=O)[C@@H](O)[C@@]14O. The third-order valence-electron chi connectivity index (χ3n) is 11.2. The molecule has 2 aliphatic carbocycles. The fraction of sp³-hybridized carbons (Fsp3) is 0.515. The van der Waals surface area contributed by atoms with Crippen molar-refractivity contribution in [1.29, 1.82) is 0 Å². The third-order valence-corrected chi connectivity index (χ3v) is 11.2. The zero-order chi connectivity index (χ0) is 32.8. The molecule has 0 aromatic heterocycles. The van der Waals surface area contributed by atoms with Crippen molar-refractivity contribution in [3.05, 3.63) is 71.3 Å². The molecule has 0 bridgehead atoms. The van der Waals surface area contributed by atoms with Crippen LogP contribution in [0.15, 0.2) is 54.6 Å². The fourth-order valence-electron chi connectivity index (χ4n) is 9.89. The summed E-state index contributed by atoms with van der Waals surface area (Å²) in [4.78, 5) is 53.0. The number of ether oxygens (including phenoxy) is 5. The summed E-state index contributed by atoms with van der Waals surface area (Å²) in [5, 5.41) is 47.0. The van der Waals surface area contributed by atoms with Gasteiger partial charge < -0.3 is 44.1 Å². The minimum atomic E-state index is -2.85. The Morgan fingerprint density at radius 2 is 1.52 bits per heavy atom. The van der Waals surface area contributed by atoms with E-state index in [1.165, 1.54) is 0 Å². The van der Waals surface area contributed by atoms with Gasteiger partial charge in [0.15, 0.2) is 29.7 Å². The Hall–Kier alpha value is -3.72. The molecular weight excluding hydrogens is 604 g/mol. The molecule has 4 saturated heterocycles. The number of rotatable bonds is 5. The normalized spacial score (nSPS) is 44.7. The molecule has 2 saturated carbocycles. The summed E-state index contributed by atoms with van der Waals surface area (Å²) in [6.45, 7) is 5.13. The molecule has 6 aliphatic rings. The van der Waals surface area contributed by atoms with Gasteiger partial charge in [0.2, 0.25) is 11.9 Å². The van der Waals surface area contributed by atoms with Crippen LogP contribution in [-0.4, -0.2) is 98.2 Å². The van der Waals surface area contributed by atoms with Gasteiger partial charge in [-0.3, -0.25) is 4.79 Å². The Morgan fingerprint density at radius 1 is 0.870 bits per heavy atom. The van der Waals surface area contributed by atoms with E-state index < -0.39 is 94.2 Å². The molecule has 13 heteroatoms. The molecule has 242 valence electrons. The van der Waals surface area contributed by atoms with Gasteiger partial charge in [0.25, 0.3) is 0 Å². The molecule has 6 fully saturated rings. The minimum Gasteiger partial charge on any atom is -0.456 e. The molecule has 0 radical (unpaired) electrons. The molecule has 8 rings (SSSR count). The van der Waals surface area contributed by atoms with E-state index >= 15 is 0 Å². The summed E-state index contributed by atoms with van der Waals surface area (Å²) in [5.41, 5.74) is -8.94. The molecular formula is C33H32O13. The zero-order valence-electron chi connectivity index (χ0n) is 25.0. The number of aliphatic hydroxyl groups is 4. The van der Waals surface area contributed by atoms with Crippen LogP contribution in [0.4, 0.5) is 0 Å². The topological polar surface area (TPSA) is 195 Å². The van der Waals surface area contributed by atoms with Gasteiger partial charge in [0.05, 0.1) is 23.5 Å².